The summed E-state index contributed by atoms with van der Waals surface area (Å²) in [6.07, 6.45) is 1.75. The number of carbonyl (C=O) groups excluding carboxylic acids is 1. The Hall–Kier alpha value is -1.40. The smallest absolute Gasteiger partial charge is 0.249 e. The normalized spacial score (nSPS) is 21.1. The molecule has 1 atom stereocenters. The molecule has 6 nitrogen and oxygen atoms in total. The fourth-order valence-corrected chi connectivity index (χ4v) is 3.06. The van der Waals surface area contributed by atoms with Crippen LogP contribution in [-0.2, 0) is 16.0 Å². The SMILES string of the molecule is COCCN1c2nc(Cl)nc3c2N(CCC3)C(=O)[C@@H]1C. The number of anilines is 2. The predicted molar refractivity (Wildman–Crippen MR) is 76.4 cm³/mol. The molecule has 0 unspecified atom stereocenters. The number of hydrogen-bond donors (Lipinski definition) is 0. The van der Waals surface area contributed by atoms with Crippen LogP contribution >= 0.6 is 11.6 Å². The van der Waals surface area contributed by atoms with Gasteiger partial charge in [-0.3, -0.25) is 4.79 Å². The van der Waals surface area contributed by atoms with Gasteiger partial charge in [0.25, 0.3) is 0 Å². The Kier molecular flexibility index (Phi) is 3.52. The van der Waals surface area contributed by atoms with E-state index in [4.69, 9.17) is 16.3 Å². The third-order valence-corrected chi connectivity index (χ3v) is 4.04. The fraction of sp³-hybridized carbons (Fsp3) is 0.615. The van der Waals surface area contributed by atoms with Crippen molar-refractivity contribution in [1.29, 1.82) is 0 Å². The molecule has 108 valence electrons. The number of halogens is 1. The van der Waals surface area contributed by atoms with E-state index < -0.39 is 0 Å². The largest absolute Gasteiger partial charge is 0.383 e. The van der Waals surface area contributed by atoms with Gasteiger partial charge < -0.3 is 14.5 Å². The number of rotatable bonds is 3. The molecule has 0 saturated carbocycles. The van der Waals surface area contributed by atoms with Gasteiger partial charge in [0.2, 0.25) is 11.2 Å². The molecule has 2 aliphatic rings. The van der Waals surface area contributed by atoms with Gasteiger partial charge in [0.05, 0.1) is 12.3 Å². The van der Waals surface area contributed by atoms with Crippen molar-refractivity contribution in [2.45, 2.75) is 25.8 Å². The van der Waals surface area contributed by atoms with Crippen molar-refractivity contribution in [2.75, 3.05) is 36.6 Å². The zero-order chi connectivity index (χ0) is 14.3. The van der Waals surface area contributed by atoms with Gasteiger partial charge in [-0.15, -0.1) is 0 Å². The summed E-state index contributed by atoms with van der Waals surface area (Å²) in [6, 6.07) is -0.255. The maximum absolute atomic E-state index is 12.5. The minimum atomic E-state index is -0.255. The first-order valence-corrected chi connectivity index (χ1v) is 7.14. The number of hydrogen-bond acceptors (Lipinski definition) is 5. The lowest BCUT2D eigenvalue weighted by Crippen LogP contribution is -2.55. The van der Waals surface area contributed by atoms with Gasteiger partial charge >= 0.3 is 0 Å². The first kappa shape index (κ1) is 13.6. The summed E-state index contributed by atoms with van der Waals surface area (Å²) in [6.45, 7) is 3.77. The molecule has 0 radical (unpaired) electrons. The predicted octanol–water partition coefficient (Wildman–Crippen LogP) is 1.26. The third-order valence-electron chi connectivity index (χ3n) is 3.88. The standard InChI is InChI=1S/C13H17ClN4O2/c1-8-12(19)18-5-3-4-9-10(18)11(16-13(14)15-9)17(8)6-7-20-2/h8H,3-7H2,1-2H3/t8-/m0/s1. The van der Waals surface area contributed by atoms with Crippen molar-refractivity contribution in [3.05, 3.63) is 11.0 Å². The van der Waals surface area contributed by atoms with Gasteiger partial charge in [0, 0.05) is 20.2 Å². The summed E-state index contributed by atoms with van der Waals surface area (Å²) >= 11 is 6.03. The number of methoxy groups -OCH3 is 1. The zero-order valence-electron chi connectivity index (χ0n) is 11.6. The molecular weight excluding hydrogens is 280 g/mol. The number of aryl methyl sites for hydroxylation is 1. The average molecular weight is 297 g/mol. The van der Waals surface area contributed by atoms with E-state index in [0.717, 1.165) is 36.6 Å². The highest BCUT2D eigenvalue weighted by atomic mass is 35.5. The van der Waals surface area contributed by atoms with Crippen molar-refractivity contribution in [3.63, 3.8) is 0 Å². The van der Waals surface area contributed by atoms with Crippen LogP contribution in [0.15, 0.2) is 0 Å². The maximum Gasteiger partial charge on any atom is 0.249 e. The van der Waals surface area contributed by atoms with Crippen molar-refractivity contribution >= 4 is 29.0 Å². The molecular formula is C13H17ClN4O2. The van der Waals surface area contributed by atoms with Gasteiger partial charge in [-0.1, -0.05) is 0 Å². The molecule has 1 amide bonds. The van der Waals surface area contributed by atoms with E-state index in [1.54, 1.807) is 12.0 Å². The van der Waals surface area contributed by atoms with Crippen molar-refractivity contribution in [1.82, 2.24) is 9.97 Å². The molecule has 1 aromatic heterocycles. The topological polar surface area (TPSA) is 58.6 Å². The van der Waals surface area contributed by atoms with Crippen LogP contribution in [0.5, 0.6) is 0 Å². The van der Waals surface area contributed by atoms with Crippen LogP contribution in [0.4, 0.5) is 11.5 Å². The molecule has 0 saturated heterocycles. The van der Waals surface area contributed by atoms with Crippen LogP contribution in [0.1, 0.15) is 19.0 Å². The van der Waals surface area contributed by atoms with E-state index in [1.165, 1.54) is 0 Å². The summed E-state index contributed by atoms with van der Waals surface area (Å²) in [4.78, 5) is 24.9. The number of amides is 1. The molecule has 0 aromatic carbocycles. The monoisotopic (exact) mass is 296 g/mol. The quantitative estimate of drug-likeness (QED) is 0.786. The van der Waals surface area contributed by atoms with Gasteiger partial charge in [0.15, 0.2) is 5.82 Å². The lowest BCUT2D eigenvalue weighted by molar-refractivity contribution is -0.120. The lowest BCUT2D eigenvalue weighted by Gasteiger charge is -2.42. The molecule has 3 rings (SSSR count). The van der Waals surface area contributed by atoms with E-state index in [1.807, 2.05) is 11.8 Å². The molecule has 20 heavy (non-hydrogen) atoms. The summed E-state index contributed by atoms with van der Waals surface area (Å²) in [5.74, 6) is 0.851. The second-order valence-corrected chi connectivity index (χ2v) is 5.41. The number of aromatic nitrogens is 2. The summed E-state index contributed by atoms with van der Waals surface area (Å²) < 4.78 is 5.13. The molecule has 0 aliphatic carbocycles. The number of ether oxygens (including phenoxy) is 1. The minimum absolute atomic E-state index is 0.0977. The Labute approximate surface area is 122 Å². The van der Waals surface area contributed by atoms with Crippen LogP contribution in [0.2, 0.25) is 5.28 Å². The van der Waals surface area contributed by atoms with Crippen LogP contribution in [0.25, 0.3) is 0 Å². The summed E-state index contributed by atoms with van der Waals surface area (Å²) in [5, 5.41) is 0.240. The number of carbonyl (C=O) groups is 1. The van der Waals surface area contributed by atoms with Gasteiger partial charge in [-0.25, -0.2) is 4.98 Å². The van der Waals surface area contributed by atoms with E-state index in [9.17, 15) is 4.79 Å². The van der Waals surface area contributed by atoms with Crippen LogP contribution < -0.4 is 9.80 Å². The molecule has 0 spiro atoms. The van der Waals surface area contributed by atoms with E-state index >= 15 is 0 Å². The fourth-order valence-electron chi connectivity index (χ4n) is 2.88. The lowest BCUT2D eigenvalue weighted by atomic mass is 10.0. The third kappa shape index (κ3) is 2.03. The van der Waals surface area contributed by atoms with Gasteiger partial charge in [-0.2, -0.15) is 4.98 Å². The second-order valence-electron chi connectivity index (χ2n) is 5.07. The van der Waals surface area contributed by atoms with Crippen molar-refractivity contribution < 1.29 is 9.53 Å². The highest BCUT2D eigenvalue weighted by Gasteiger charge is 2.39. The zero-order valence-corrected chi connectivity index (χ0v) is 12.4. The van der Waals surface area contributed by atoms with E-state index in [-0.39, 0.29) is 17.2 Å². The van der Waals surface area contributed by atoms with Crippen LogP contribution in [0.3, 0.4) is 0 Å². The highest BCUT2D eigenvalue weighted by Crippen LogP contribution is 2.40. The summed E-state index contributed by atoms with van der Waals surface area (Å²) in [7, 11) is 1.64. The molecule has 0 fully saturated rings. The Balaban J connectivity index is 2.11. The molecule has 1 aromatic rings. The molecule has 2 aliphatic heterocycles. The Morgan fingerprint density at radius 2 is 2.25 bits per heavy atom. The molecule has 0 bridgehead atoms. The maximum atomic E-state index is 12.5. The van der Waals surface area contributed by atoms with Gasteiger partial charge in [0.1, 0.15) is 11.7 Å². The van der Waals surface area contributed by atoms with Crippen LogP contribution in [-0.4, -0.2) is 48.7 Å². The Morgan fingerprint density at radius 1 is 1.45 bits per heavy atom. The van der Waals surface area contributed by atoms with E-state index in [0.29, 0.717) is 13.2 Å². The first-order valence-electron chi connectivity index (χ1n) is 6.77. The second kappa shape index (κ2) is 5.18. The highest BCUT2D eigenvalue weighted by molar-refractivity contribution is 6.28. The molecule has 3 heterocycles. The number of nitrogens with zero attached hydrogens (tertiary/aromatic N) is 4. The average Bonchev–Trinajstić information content (AvgIpc) is 2.44. The first-order chi connectivity index (χ1) is 9.63. The van der Waals surface area contributed by atoms with Crippen molar-refractivity contribution in [3.8, 4) is 0 Å². The molecule has 0 N–H and O–H groups in total. The minimum Gasteiger partial charge on any atom is -0.383 e. The van der Waals surface area contributed by atoms with Gasteiger partial charge in [-0.05, 0) is 31.4 Å². The Morgan fingerprint density at radius 3 is 3.00 bits per heavy atom. The van der Waals surface area contributed by atoms with Crippen LogP contribution in [0, 0.1) is 0 Å². The summed E-state index contributed by atoms with van der Waals surface area (Å²) in [5.41, 5.74) is 1.70. The van der Waals surface area contributed by atoms with E-state index in [2.05, 4.69) is 9.97 Å². The van der Waals surface area contributed by atoms with Crippen molar-refractivity contribution in [2.24, 2.45) is 0 Å². The Bertz CT molecular complexity index is 551. The molecule has 7 heteroatoms.